The van der Waals surface area contributed by atoms with Crippen LogP contribution in [0.3, 0.4) is 0 Å². The Balaban J connectivity index is 1.18. The van der Waals surface area contributed by atoms with Gasteiger partial charge in [0.05, 0.1) is 17.3 Å². The van der Waals surface area contributed by atoms with Crippen molar-refractivity contribution in [3.63, 3.8) is 0 Å². The Bertz CT molecular complexity index is 1220. The number of anilines is 5. The molecule has 174 valence electrons. The van der Waals surface area contributed by atoms with Crippen molar-refractivity contribution in [2.45, 2.75) is 24.9 Å². The first-order valence-electron chi connectivity index (χ1n) is 11.7. The second-order valence-corrected chi connectivity index (χ2v) is 8.99. The Hall–Kier alpha value is -4.01. The van der Waals surface area contributed by atoms with E-state index in [9.17, 15) is 4.79 Å². The highest BCUT2D eigenvalue weighted by Gasteiger charge is 2.33. The molecule has 0 radical (unpaired) electrons. The maximum absolute atomic E-state index is 11.7. The minimum atomic E-state index is -0.543. The van der Waals surface area contributed by atoms with Gasteiger partial charge in [0.2, 0.25) is 5.95 Å². The van der Waals surface area contributed by atoms with Crippen LogP contribution in [0.5, 0.6) is 5.75 Å². The molecule has 4 N–H and O–H groups in total. The lowest BCUT2D eigenvalue weighted by Gasteiger charge is -2.46. The van der Waals surface area contributed by atoms with Crippen LogP contribution in [0.25, 0.3) is 0 Å². The minimum Gasteiger partial charge on any atom is -0.489 e. The van der Waals surface area contributed by atoms with Crippen LogP contribution in [0.4, 0.5) is 28.8 Å². The van der Waals surface area contributed by atoms with Gasteiger partial charge in [-0.05, 0) is 37.1 Å². The summed E-state index contributed by atoms with van der Waals surface area (Å²) in [5.41, 5.74) is 8.96. The molecule has 1 aliphatic carbocycles. The molecule has 1 saturated heterocycles. The Morgan fingerprint density at radius 3 is 2.76 bits per heavy atom. The van der Waals surface area contributed by atoms with Crippen LogP contribution in [0.1, 0.15) is 23.2 Å². The van der Waals surface area contributed by atoms with Crippen LogP contribution in [0.2, 0.25) is 0 Å². The fourth-order valence-electron chi connectivity index (χ4n) is 4.60. The molecule has 1 atom stereocenters. The fraction of sp³-hybridized carbons (Fsp3) is 0.320. The Morgan fingerprint density at radius 2 is 1.97 bits per heavy atom. The van der Waals surface area contributed by atoms with Gasteiger partial charge < -0.3 is 30.9 Å². The van der Waals surface area contributed by atoms with Crippen molar-refractivity contribution in [3.8, 4) is 5.75 Å². The van der Waals surface area contributed by atoms with Gasteiger partial charge in [-0.3, -0.25) is 4.79 Å². The summed E-state index contributed by atoms with van der Waals surface area (Å²) in [7, 11) is 0. The van der Waals surface area contributed by atoms with Gasteiger partial charge >= 0.3 is 0 Å². The number of amides is 1. The van der Waals surface area contributed by atoms with Gasteiger partial charge in [0.1, 0.15) is 18.2 Å². The summed E-state index contributed by atoms with van der Waals surface area (Å²) in [6, 6.07) is 17.3. The molecular formula is C25H27N7O2. The van der Waals surface area contributed by atoms with Crippen molar-refractivity contribution in [2.24, 2.45) is 5.73 Å². The molecule has 6 rings (SSSR count). The highest BCUT2D eigenvalue weighted by molar-refractivity contribution is 5.97. The molecule has 1 amide bonds. The minimum absolute atomic E-state index is 0.298. The number of hydrogen-bond donors (Lipinski definition) is 3. The number of nitrogens with two attached hydrogens (primary N) is 1. The highest BCUT2D eigenvalue weighted by atomic mass is 16.5. The van der Waals surface area contributed by atoms with Gasteiger partial charge in [-0.2, -0.15) is 4.98 Å². The van der Waals surface area contributed by atoms with E-state index in [1.807, 2.05) is 18.2 Å². The van der Waals surface area contributed by atoms with Crippen LogP contribution in [-0.2, 0) is 0 Å². The maximum atomic E-state index is 11.7. The highest BCUT2D eigenvalue weighted by Crippen LogP contribution is 2.38. The average Bonchev–Trinajstić information content (AvgIpc) is 3.68. The first-order valence-corrected chi connectivity index (χ1v) is 11.7. The molecule has 9 nitrogen and oxygen atoms in total. The van der Waals surface area contributed by atoms with E-state index in [0.29, 0.717) is 36.0 Å². The van der Waals surface area contributed by atoms with E-state index in [4.69, 9.17) is 10.5 Å². The van der Waals surface area contributed by atoms with E-state index in [2.05, 4.69) is 60.7 Å². The molecule has 2 aliphatic heterocycles. The van der Waals surface area contributed by atoms with Gasteiger partial charge in [0.15, 0.2) is 0 Å². The monoisotopic (exact) mass is 457 g/mol. The van der Waals surface area contributed by atoms with Crippen LogP contribution in [0, 0.1) is 0 Å². The summed E-state index contributed by atoms with van der Waals surface area (Å²) >= 11 is 0. The summed E-state index contributed by atoms with van der Waals surface area (Å²) in [6.07, 6.45) is 3.59. The van der Waals surface area contributed by atoms with Crippen molar-refractivity contribution < 1.29 is 9.53 Å². The van der Waals surface area contributed by atoms with Gasteiger partial charge in [-0.15, -0.1) is 0 Å². The first-order chi connectivity index (χ1) is 16.6. The smallest absolute Gasteiger partial charge is 0.254 e. The van der Waals surface area contributed by atoms with Gasteiger partial charge in [0, 0.05) is 49.3 Å². The summed E-state index contributed by atoms with van der Waals surface area (Å²) < 4.78 is 6.17. The SMILES string of the molecule is NC(=O)c1cnc(Nc2ccc3c(c2)OCC2CN(c4ccccc4)CCN32)nc1NC1CC1. The lowest BCUT2D eigenvalue weighted by atomic mass is 10.1. The van der Waals surface area contributed by atoms with E-state index in [1.165, 1.54) is 11.9 Å². The molecule has 1 aromatic heterocycles. The quantitative estimate of drug-likeness (QED) is 0.518. The first kappa shape index (κ1) is 20.6. The normalized spacial score (nSPS) is 19.0. The molecule has 34 heavy (non-hydrogen) atoms. The number of benzene rings is 2. The summed E-state index contributed by atoms with van der Waals surface area (Å²) in [6.45, 7) is 3.48. The van der Waals surface area contributed by atoms with E-state index >= 15 is 0 Å². The van der Waals surface area contributed by atoms with Gasteiger partial charge in [-0.1, -0.05) is 18.2 Å². The van der Waals surface area contributed by atoms with E-state index in [0.717, 1.165) is 49.6 Å². The van der Waals surface area contributed by atoms with Crippen molar-refractivity contribution in [1.82, 2.24) is 9.97 Å². The zero-order chi connectivity index (χ0) is 23.1. The molecule has 0 bridgehead atoms. The number of hydrogen-bond acceptors (Lipinski definition) is 8. The topological polar surface area (TPSA) is 109 Å². The second-order valence-electron chi connectivity index (χ2n) is 8.99. The number of para-hydroxylation sites is 1. The zero-order valence-corrected chi connectivity index (χ0v) is 18.8. The largest absolute Gasteiger partial charge is 0.489 e. The van der Waals surface area contributed by atoms with Crippen LogP contribution in [-0.4, -0.2) is 54.2 Å². The third-order valence-electron chi connectivity index (χ3n) is 6.53. The number of rotatable bonds is 6. The standard InChI is InChI=1S/C25H27N7O2/c26-23(33)20-13-27-25(30-24(20)28-16-6-7-16)29-17-8-9-21-22(12-17)34-15-19-14-31(10-11-32(19)21)18-4-2-1-3-5-18/h1-5,8-9,12-13,16,19H,6-7,10-11,14-15H2,(H2,26,33)(H2,27,28,29,30). The molecule has 1 saturated carbocycles. The van der Waals surface area contributed by atoms with Gasteiger partial charge in [0.25, 0.3) is 5.91 Å². The maximum Gasteiger partial charge on any atom is 0.254 e. The predicted octanol–water partition coefficient (Wildman–Crippen LogP) is 2.98. The molecule has 3 aromatic rings. The molecule has 2 fully saturated rings. The van der Waals surface area contributed by atoms with Crippen molar-refractivity contribution in [3.05, 3.63) is 60.3 Å². The number of carbonyl (C=O) groups excluding carboxylic acids is 1. The summed E-state index contributed by atoms with van der Waals surface area (Å²) in [5.74, 6) is 1.18. The van der Waals surface area contributed by atoms with Crippen molar-refractivity contribution >= 4 is 34.7 Å². The number of nitrogens with one attached hydrogen (secondary N) is 2. The molecule has 3 heterocycles. The van der Waals surface area contributed by atoms with Gasteiger partial charge in [-0.25, -0.2) is 4.98 Å². The Morgan fingerprint density at radius 1 is 1.12 bits per heavy atom. The lowest BCUT2D eigenvalue weighted by Crippen LogP contribution is -2.57. The summed E-state index contributed by atoms with van der Waals surface area (Å²) in [4.78, 5) is 25.4. The molecule has 0 spiro atoms. The zero-order valence-electron chi connectivity index (χ0n) is 18.8. The molecule has 9 heteroatoms. The molecule has 1 unspecified atom stereocenters. The second kappa shape index (κ2) is 8.40. The van der Waals surface area contributed by atoms with Crippen LogP contribution >= 0.6 is 0 Å². The molecule has 3 aliphatic rings. The summed E-state index contributed by atoms with van der Waals surface area (Å²) in [5, 5.41) is 6.49. The Labute approximate surface area is 197 Å². The average molecular weight is 458 g/mol. The predicted molar refractivity (Wildman–Crippen MR) is 132 cm³/mol. The number of aromatic nitrogens is 2. The number of carbonyl (C=O) groups is 1. The van der Waals surface area contributed by atoms with Crippen molar-refractivity contribution in [2.75, 3.05) is 46.7 Å². The van der Waals surface area contributed by atoms with Crippen molar-refractivity contribution in [1.29, 1.82) is 0 Å². The third-order valence-corrected chi connectivity index (χ3v) is 6.53. The number of nitrogens with zero attached hydrogens (tertiary/aromatic N) is 4. The Kier molecular flexibility index (Phi) is 5.09. The van der Waals surface area contributed by atoms with E-state index in [1.54, 1.807) is 0 Å². The number of primary amides is 1. The van der Waals surface area contributed by atoms with Crippen LogP contribution in [0.15, 0.2) is 54.7 Å². The number of ether oxygens (including phenoxy) is 1. The van der Waals surface area contributed by atoms with E-state index in [-0.39, 0.29) is 0 Å². The third kappa shape index (κ3) is 4.05. The lowest BCUT2D eigenvalue weighted by molar-refractivity contribution is 0.100. The van der Waals surface area contributed by atoms with Crippen LogP contribution < -0.4 is 30.9 Å². The molecule has 2 aromatic carbocycles. The number of piperazine rings is 1. The number of fused-ring (bicyclic) bond motifs is 3. The van der Waals surface area contributed by atoms with E-state index < -0.39 is 5.91 Å². The fourth-order valence-corrected chi connectivity index (χ4v) is 4.60. The molecular weight excluding hydrogens is 430 g/mol.